The highest BCUT2D eigenvalue weighted by Crippen LogP contribution is 2.23. The Labute approximate surface area is 199 Å². The van der Waals surface area contributed by atoms with E-state index in [0.717, 1.165) is 22.3 Å². The van der Waals surface area contributed by atoms with Crippen molar-refractivity contribution in [2.45, 2.75) is 13.8 Å². The van der Waals surface area contributed by atoms with Crippen LogP contribution in [0.25, 0.3) is 16.6 Å². The van der Waals surface area contributed by atoms with Gasteiger partial charge in [-0.3, -0.25) is 15.4 Å². The molecule has 0 bridgehead atoms. The molecule has 0 unspecified atom stereocenters. The number of nitrogens with one attached hydrogen (secondary N) is 3. The zero-order valence-electron chi connectivity index (χ0n) is 19.9. The van der Waals surface area contributed by atoms with Crippen LogP contribution in [0, 0.1) is 11.3 Å². The van der Waals surface area contributed by atoms with Crippen LogP contribution in [0.2, 0.25) is 0 Å². The predicted octanol–water partition coefficient (Wildman–Crippen LogP) is 3.41. The lowest BCUT2D eigenvalue weighted by Crippen LogP contribution is -2.27. The third kappa shape index (κ3) is 5.69. The van der Waals surface area contributed by atoms with Gasteiger partial charge in [0, 0.05) is 43.8 Å². The summed E-state index contributed by atoms with van der Waals surface area (Å²) in [5.41, 5.74) is 16.4. The van der Waals surface area contributed by atoms with E-state index in [1.54, 1.807) is 49.0 Å². The Balaban J connectivity index is 1.92. The van der Waals surface area contributed by atoms with Crippen molar-refractivity contribution in [2.24, 2.45) is 17.4 Å². The third-order valence-corrected chi connectivity index (χ3v) is 5.21. The first-order valence-electron chi connectivity index (χ1n) is 10.9. The molecular weight excluding hydrogens is 426 g/mol. The van der Waals surface area contributed by atoms with E-state index in [1.807, 2.05) is 51.2 Å². The molecule has 3 heterocycles. The molecule has 0 spiro atoms. The highest BCUT2D eigenvalue weighted by Gasteiger charge is 2.16. The van der Waals surface area contributed by atoms with E-state index in [-0.39, 0.29) is 5.92 Å². The van der Waals surface area contributed by atoms with Crippen molar-refractivity contribution in [3.05, 3.63) is 84.4 Å². The molecule has 176 valence electrons. The maximum Gasteiger partial charge on any atom is 0.134 e. The SMILES string of the molecule is CN/C=C(\C(=N)N(C)c1cccnc1)c1cnc2ccc(N/C(N)=C/C(=C\N)C(C)C)nc2c1. The number of likely N-dealkylation sites (N-methyl/N-ethyl adjacent to an activating group) is 1. The molecule has 0 radical (unpaired) electrons. The second-order valence-electron chi connectivity index (χ2n) is 7.97. The largest absolute Gasteiger partial charge is 0.404 e. The first kappa shape index (κ1) is 24.2. The van der Waals surface area contributed by atoms with Gasteiger partial charge >= 0.3 is 0 Å². The van der Waals surface area contributed by atoms with Gasteiger partial charge in [-0.05, 0) is 54.1 Å². The number of hydrogen-bond acceptors (Lipinski definition) is 8. The summed E-state index contributed by atoms with van der Waals surface area (Å²) in [4.78, 5) is 15.1. The molecule has 0 aliphatic heterocycles. The number of anilines is 2. The molecule has 3 aromatic heterocycles. The summed E-state index contributed by atoms with van der Waals surface area (Å²) in [5.74, 6) is 1.57. The lowest BCUT2D eigenvalue weighted by Gasteiger charge is -2.22. The molecule has 3 rings (SSSR count). The average molecular weight is 458 g/mol. The van der Waals surface area contributed by atoms with Crippen molar-refractivity contribution in [3.8, 4) is 0 Å². The van der Waals surface area contributed by atoms with Crippen molar-refractivity contribution in [1.82, 2.24) is 20.3 Å². The summed E-state index contributed by atoms with van der Waals surface area (Å²) in [6, 6.07) is 9.34. The number of rotatable bonds is 8. The molecule has 3 aromatic rings. The molecule has 7 N–H and O–H groups in total. The lowest BCUT2D eigenvalue weighted by atomic mass is 10.0. The number of fused-ring (bicyclic) bond motifs is 1. The fourth-order valence-electron chi connectivity index (χ4n) is 3.29. The summed E-state index contributed by atoms with van der Waals surface area (Å²) < 4.78 is 0. The minimum Gasteiger partial charge on any atom is -0.404 e. The second kappa shape index (κ2) is 11.0. The van der Waals surface area contributed by atoms with Crippen molar-refractivity contribution in [3.63, 3.8) is 0 Å². The standard InChI is InChI=1S/C25H31N9/c1-16(2)17(12-26)11-23(27)33-24-8-7-21-22(32-24)10-18(13-31-21)20(15-29-3)25(28)34(4)19-6-5-9-30-14-19/h5-16,28-29H,26-27H2,1-4H3,(H,32,33)/b17-12+,20-15-,23-11+,28-25?. The molecule has 34 heavy (non-hydrogen) atoms. The maximum absolute atomic E-state index is 8.78. The number of allylic oxidation sites excluding steroid dienone is 2. The molecular formula is C25H31N9. The van der Waals surface area contributed by atoms with Gasteiger partial charge in [-0.2, -0.15) is 0 Å². The number of pyridine rings is 3. The van der Waals surface area contributed by atoms with Crippen LogP contribution in [0.3, 0.4) is 0 Å². The van der Waals surface area contributed by atoms with E-state index >= 15 is 0 Å². The number of amidine groups is 1. The second-order valence-corrected chi connectivity index (χ2v) is 7.97. The van der Waals surface area contributed by atoms with E-state index in [4.69, 9.17) is 16.9 Å². The van der Waals surface area contributed by atoms with Gasteiger partial charge in [0.05, 0.1) is 22.9 Å². The Bertz CT molecular complexity index is 1240. The van der Waals surface area contributed by atoms with Gasteiger partial charge in [0.2, 0.25) is 0 Å². The Morgan fingerprint density at radius 3 is 2.62 bits per heavy atom. The van der Waals surface area contributed by atoms with E-state index in [1.165, 1.54) is 0 Å². The van der Waals surface area contributed by atoms with Crippen molar-refractivity contribution >= 4 is 33.9 Å². The van der Waals surface area contributed by atoms with Crippen LogP contribution in [-0.4, -0.2) is 34.9 Å². The molecule has 0 aromatic carbocycles. The van der Waals surface area contributed by atoms with Gasteiger partial charge in [-0.25, -0.2) is 4.98 Å². The van der Waals surface area contributed by atoms with E-state index in [0.29, 0.717) is 28.6 Å². The monoisotopic (exact) mass is 457 g/mol. The van der Waals surface area contributed by atoms with Gasteiger partial charge in [0.15, 0.2) is 0 Å². The molecule has 0 aliphatic rings. The summed E-state index contributed by atoms with van der Waals surface area (Å²) in [6.07, 6.45) is 10.3. The highest BCUT2D eigenvalue weighted by molar-refractivity contribution is 6.27. The highest BCUT2D eigenvalue weighted by atomic mass is 15.1. The molecule has 0 amide bonds. The van der Waals surface area contributed by atoms with Crippen LogP contribution >= 0.6 is 0 Å². The number of hydrogen-bond donors (Lipinski definition) is 5. The maximum atomic E-state index is 8.78. The van der Waals surface area contributed by atoms with Crippen LogP contribution in [0.15, 0.2) is 78.8 Å². The van der Waals surface area contributed by atoms with Crippen molar-refractivity contribution in [2.75, 3.05) is 24.3 Å². The quantitative estimate of drug-likeness (QED) is 0.197. The van der Waals surface area contributed by atoms with Gasteiger partial charge in [0.1, 0.15) is 17.5 Å². The predicted molar refractivity (Wildman–Crippen MR) is 140 cm³/mol. The van der Waals surface area contributed by atoms with Crippen LogP contribution in [0.5, 0.6) is 0 Å². The van der Waals surface area contributed by atoms with Crippen molar-refractivity contribution in [1.29, 1.82) is 5.41 Å². The first-order chi connectivity index (χ1) is 16.3. The molecule has 0 aliphatic carbocycles. The smallest absolute Gasteiger partial charge is 0.134 e. The third-order valence-electron chi connectivity index (χ3n) is 5.21. The molecule has 9 nitrogen and oxygen atoms in total. The minimum absolute atomic E-state index is 0.249. The van der Waals surface area contributed by atoms with E-state index in [9.17, 15) is 0 Å². The van der Waals surface area contributed by atoms with Crippen molar-refractivity contribution < 1.29 is 0 Å². The van der Waals surface area contributed by atoms with E-state index < -0.39 is 0 Å². The van der Waals surface area contributed by atoms with E-state index in [2.05, 4.69) is 25.6 Å². The van der Waals surface area contributed by atoms with Crippen LogP contribution < -0.4 is 27.0 Å². The van der Waals surface area contributed by atoms with Gasteiger partial charge < -0.3 is 27.0 Å². The normalized spacial score (nSPS) is 12.7. The lowest BCUT2D eigenvalue weighted by molar-refractivity contribution is 0.786. The number of aromatic nitrogens is 3. The molecule has 0 fully saturated rings. The molecule has 0 saturated carbocycles. The Hall–Kier alpha value is -4.40. The topological polar surface area (TPSA) is 142 Å². The first-order valence-corrected chi connectivity index (χ1v) is 10.9. The number of nitrogens with zero attached hydrogens (tertiary/aromatic N) is 4. The van der Waals surface area contributed by atoms with Gasteiger partial charge in [0.25, 0.3) is 0 Å². The average Bonchev–Trinajstić information content (AvgIpc) is 2.84. The molecule has 0 saturated heterocycles. The zero-order chi connectivity index (χ0) is 24.7. The summed E-state index contributed by atoms with van der Waals surface area (Å²) in [6.45, 7) is 4.09. The summed E-state index contributed by atoms with van der Waals surface area (Å²) >= 11 is 0. The van der Waals surface area contributed by atoms with Crippen LogP contribution in [-0.2, 0) is 0 Å². The van der Waals surface area contributed by atoms with Gasteiger partial charge in [-0.15, -0.1) is 0 Å². The van der Waals surface area contributed by atoms with Gasteiger partial charge in [-0.1, -0.05) is 13.8 Å². The Morgan fingerprint density at radius 1 is 1.18 bits per heavy atom. The fraction of sp³-hybridized carbons (Fsp3) is 0.200. The van der Waals surface area contributed by atoms with Crippen LogP contribution in [0.1, 0.15) is 19.4 Å². The Morgan fingerprint density at radius 2 is 1.97 bits per heavy atom. The molecule has 0 atom stereocenters. The zero-order valence-corrected chi connectivity index (χ0v) is 19.9. The molecule has 9 heteroatoms. The Kier molecular flexibility index (Phi) is 7.81. The number of nitrogens with two attached hydrogens (primary N) is 2. The summed E-state index contributed by atoms with van der Waals surface area (Å²) in [7, 11) is 3.62. The van der Waals surface area contributed by atoms with Crippen LogP contribution in [0.4, 0.5) is 11.5 Å². The minimum atomic E-state index is 0.249. The summed E-state index contributed by atoms with van der Waals surface area (Å²) in [5, 5.41) is 14.9. The fourth-order valence-corrected chi connectivity index (χ4v) is 3.29.